The monoisotopic (exact) mass is 351 g/mol. The molecule has 0 aromatic heterocycles. The first-order valence-corrected chi connectivity index (χ1v) is 9.52. The highest BCUT2D eigenvalue weighted by Crippen LogP contribution is 2.37. The Hall–Kier alpha value is -1.09. The number of halogens is 2. The van der Waals surface area contributed by atoms with E-state index in [4.69, 9.17) is 11.6 Å². The first-order valence-electron chi connectivity index (χ1n) is 9.14. The normalized spacial score (nSPS) is 25.1. The van der Waals surface area contributed by atoms with Crippen molar-refractivity contribution >= 4 is 17.5 Å². The van der Waals surface area contributed by atoms with Crippen molar-refractivity contribution in [2.75, 3.05) is 13.1 Å². The van der Waals surface area contributed by atoms with Crippen LogP contribution < -0.4 is 0 Å². The molecule has 0 spiro atoms. The molecule has 1 aromatic carbocycles. The molecular weight excluding hydrogens is 325 g/mol. The number of rotatable bonds is 2. The van der Waals surface area contributed by atoms with Crippen LogP contribution in [0.1, 0.15) is 57.9 Å². The lowest BCUT2D eigenvalue weighted by Crippen LogP contribution is -2.49. The van der Waals surface area contributed by atoms with Crippen LogP contribution in [-0.2, 0) is 10.2 Å². The average molecular weight is 352 g/mol. The van der Waals surface area contributed by atoms with Crippen molar-refractivity contribution in [1.82, 2.24) is 4.90 Å². The molecule has 0 bridgehead atoms. The Bertz CT molecular complexity index is 616. The second-order valence-corrected chi connectivity index (χ2v) is 8.36. The quantitative estimate of drug-likeness (QED) is 0.718. The fourth-order valence-corrected chi connectivity index (χ4v) is 4.55. The largest absolute Gasteiger partial charge is 0.342 e. The summed E-state index contributed by atoms with van der Waals surface area (Å²) in [4.78, 5) is 15.2. The van der Waals surface area contributed by atoms with E-state index >= 15 is 0 Å². The number of amides is 1. The molecule has 2 nitrogen and oxygen atoms in total. The van der Waals surface area contributed by atoms with Crippen molar-refractivity contribution in [1.29, 1.82) is 0 Å². The molecule has 1 aliphatic carbocycles. The van der Waals surface area contributed by atoms with Crippen molar-refractivity contribution in [3.63, 3.8) is 0 Å². The molecule has 0 radical (unpaired) electrons. The van der Waals surface area contributed by atoms with Gasteiger partial charge in [-0.3, -0.25) is 4.79 Å². The molecule has 24 heavy (non-hydrogen) atoms. The second kappa shape index (κ2) is 7.03. The Balaban J connectivity index is 1.76. The molecule has 1 aromatic rings. The van der Waals surface area contributed by atoms with E-state index < -0.39 is 11.2 Å². The maximum atomic E-state index is 13.4. The van der Waals surface area contributed by atoms with Gasteiger partial charge in [0.2, 0.25) is 5.91 Å². The molecule has 4 heteroatoms. The van der Waals surface area contributed by atoms with Gasteiger partial charge < -0.3 is 4.90 Å². The Morgan fingerprint density at radius 1 is 1.17 bits per heavy atom. The van der Waals surface area contributed by atoms with Crippen LogP contribution in [0.4, 0.5) is 4.39 Å². The van der Waals surface area contributed by atoms with Crippen LogP contribution in [0.2, 0.25) is 5.02 Å². The average Bonchev–Trinajstić information content (AvgIpc) is 2.81. The third-order valence-electron chi connectivity index (χ3n) is 6.00. The van der Waals surface area contributed by atoms with E-state index in [1.165, 1.54) is 38.2 Å². The molecule has 2 unspecified atom stereocenters. The molecule has 132 valence electrons. The minimum atomic E-state index is -0.686. The number of carbonyl (C=O) groups excluding carboxylic acids is 1. The zero-order chi connectivity index (χ0) is 17.3. The van der Waals surface area contributed by atoms with Gasteiger partial charge in [-0.15, -0.1) is 0 Å². The summed E-state index contributed by atoms with van der Waals surface area (Å²) in [5.74, 6) is 1.13. The highest BCUT2D eigenvalue weighted by molar-refractivity contribution is 6.30. The van der Waals surface area contributed by atoms with Crippen LogP contribution in [0.5, 0.6) is 0 Å². The number of nitrogens with zero attached hydrogens (tertiary/aromatic N) is 1. The third-order valence-corrected chi connectivity index (χ3v) is 6.29. The molecule has 2 aliphatic rings. The van der Waals surface area contributed by atoms with Gasteiger partial charge in [-0.1, -0.05) is 43.4 Å². The maximum absolute atomic E-state index is 13.4. The molecule has 0 N–H and O–H groups in total. The minimum Gasteiger partial charge on any atom is -0.342 e. The van der Waals surface area contributed by atoms with Crippen molar-refractivity contribution in [2.24, 2.45) is 11.8 Å². The fraction of sp³-hybridized carbons (Fsp3) is 0.650. The van der Waals surface area contributed by atoms with Crippen LogP contribution >= 0.6 is 11.6 Å². The van der Waals surface area contributed by atoms with Gasteiger partial charge >= 0.3 is 0 Å². The highest BCUT2D eigenvalue weighted by Gasteiger charge is 2.38. The predicted molar refractivity (Wildman–Crippen MR) is 95.7 cm³/mol. The van der Waals surface area contributed by atoms with Crippen molar-refractivity contribution in [3.05, 3.63) is 34.6 Å². The summed E-state index contributed by atoms with van der Waals surface area (Å²) in [7, 11) is 0. The van der Waals surface area contributed by atoms with Crippen LogP contribution in [0, 0.1) is 17.7 Å². The minimum absolute atomic E-state index is 0.0795. The Morgan fingerprint density at radius 3 is 2.58 bits per heavy atom. The molecule has 2 atom stereocenters. The van der Waals surface area contributed by atoms with E-state index in [9.17, 15) is 9.18 Å². The first kappa shape index (κ1) is 17.7. The zero-order valence-corrected chi connectivity index (χ0v) is 15.4. The lowest BCUT2D eigenvalue weighted by molar-refractivity contribution is -0.139. The van der Waals surface area contributed by atoms with Crippen LogP contribution in [0.3, 0.4) is 0 Å². The third kappa shape index (κ3) is 3.46. The van der Waals surface area contributed by atoms with Gasteiger partial charge in [-0.2, -0.15) is 0 Å². The van der Waals surface area contributed by atoms with E-state index in [0.717, 1.165) is 31.0 Å². The van der Waals surface area contributed by atoms with Gasteiger partial charge in [0, 0.05) is 13.1 Å². The standard InChI is InChI=1S/C20H27ClFNO/c1-20(2,16-8-9-18(22)17(21)12-16)19(24)23-11-10-14-6-4-3-5-7-15(14)13-23/h8-9,12,14-15H,3-7,10-11,13H2,1-2H3. The number of likely N-dealkylation sites (tertiary alicyclic amines) is 1. The topological polar surface area (TPSA) is 20.3 Å². The summed E-state index contributed by atoms with van der Waals surface area (Å²) < 4.78 is 13.4. The second-order valence-electron chi connectivity index (χ2n) is 7.95. The summed E-state index contributed by atoms with van der Waals surface area (Å²) in [6, 6.07) is 4.62. The summed E-state index contributed by atoms with van der Waals surface area (Å²) in [6.07, 6.45) is 7.66. The Labute approximate surface area is 149 Å². The summed E-state index contributed by atoms with van der Waals surface area (Å²) in [5.41, 5.74) is 0.0939. The lowest BCUT2D eigenvalue weighted by Gasteiger charge is -2.41. The SMILES string of the molecule is CC(C)(C(=O)N1CCC2CCCCCC2C1)c1ccc(F)c(Cl)c1. The summed E-state index contributed by atoms with van der Waals surface area (Å²) in [5, 5.41) is 0.0795. The van der Waals surface area contributed by atoms with Crippen LogP contribution in [0.25, 0.3) is 0 Å². The molecule has 2 fully saturated rings. The Kier molecular flexibility index (Phi) is 5.19. The summed E-state index contributed by atoms with van der Waals surface area (Å²) >= 11 is 5.92. The van der Waals surface area contributed by atoms with Crippen LogP contribution in [-0.4, -0.2) is 23.9 Å². The van der Waals surface area contributed by atoms with E-state index in [1.54, 1.807) is 12.1 Å². The van der Waals surface area contributed by atoms with E-state index in [1.807, 2.05) is 18.7 Å². The molecule has 1 amide bonds. The van der Waals surface area contributed by atoms with Crippen LogP contribution in [0.15, 0.2) is 18.2 Å². The number of fused-ring (bicyclic) bond motifs is 1. The zero-order valence-electron chi connectivity index (χ0n) is 14.7. The van der Waals surface area contributed by atoms with Gasteiger partial charge in [0.25, 0.3) is 0 Å². The van der Waals surface area contributed by atoms with Crippen molar-refractivity contribution in [2.45, 2.75) is 57.8 Å². The fourth-order valence-electron chi connectivity index (χ4n) is 4.37. The van der Waals surface area contributed by atoms with E-state index in [0.29, 0.717) is 5.92 Å². The number of hydrogen-bond acceptors (Lipinski definition) is 1. The lowest BCUT2D eigenvalue weighted by atomic mass is 9.79. The number of piperidine rings is 1. The number of hydrogen-bond donors (Lipinski definition) is 0. The Morgan fingerprint density at radius 2 is 1.88 bits per heavy atom. The highest BCUT2D eigenvalue weighted by atomic mass is 35.5. The van der Waals surface area contributed by atoms with E-state index in [-0.39, 0.29) is 10.9 Å². The first-order chi connectivity index (χ1) is 11.4. The molecule has 3 rings (SSSR count). The van der Waals surface area contributed by atoms with Gasteiger partial charge in [0.05, 0.1) is 10.4 Å². The molecule has 1 heterocycles. The van der Waals surface area contributed by atoms with Crippen molar-refractivity contribution < 1.29 is 9.18 Å². The number of benzene rings is 1. The smallest absolute Gasteiger partial charge is 0.232 e. The van der Waals surface area contributed by atoms with Gasteiger partial charge in [-0.05, 0) is 56.2 Å². The van der Waals surface area contributed by atoms with Gasteiger partial charge in [-0.25, -0.2) is 4.39 Å². The number of carbonyl (C=O) groups is 1. The van der Waals surface area contributed by atoms with Gasteiger partial charge in [0.15, 0.2) is 0 Å². The molecule has 1 aliphatic heterocycles. The molecule has 1 saturated heterocycles. The van der Waals surface area contributed by atoms with Crippen molar-refractivity contribution in [3.8, 4) is 0 Å². The molecular formula is C20H27ClFNO. The van der Waals surface area contributed by atoms with E-state index in [2.05, 4.69) is 0 Å². The predicted octanol–water partition coefficient (Wildman–Crippen LogP) is 5.19. The van der Waals surface area contributed by atoms with Gasteiger partial charge in [0.1, 0.15) is 5.82 Å². The summed E-state index contributed by atoms with van der Waals surface area (Å²) in [6.45, 7) is 5.55. The molecule has 1 saturated carbocycles. The maximum Gasteiger partial charge on any atom is 0.232 e.